The summed E-state index contributed by atoms with van der Waals surface area (Å²) >= 11 is 0. The zero-order valence-electron chi connectivity index (χ0n) is 6.32. The Balaban J connectivity index is 3.99. The summed E-state index contributed by atoms with van der Waals surface area (Å²) in [6.07, 6.45) is -6.31. The van der Waals surface area contributed by atoms with Gasteiger partial charge in [0.1, 0.15) is 12.8 Å². The third-order valence-electron chi connectivity index (χ3n) is 1.13. The predicted molar refractivity (Wildman–Crippen MR) is 32.2 cm³/mol. The molecule has 72 valence electrons. The fourth-order valence-corrected chi connectivity index (χ4v) is 0.442. The number of ether oxygens (including phenoxy) is 1. The van der Waals surface area contributed by atoms with Crippen molar-refractivity contribution in [2.45, 2.75) is 25.6 Å². The third-order valence-corrected chi connectivity index (χ3v) is 1.13. The standard InChI is InChI=1S/C6H8F4O2/c1-2-4(3-7)12-5(11)6(8,9)10/h4H,2-3H2,1H3. The molecule has 0 saturated carbocycles. The van der Waals surface area contributed by atoms with Crippen LogP contribution in [0.3, 0.4) is 0 Å². The smallest absolute Gasteiger partial charge is 0.453 e. The molecule has 0 rings (SSSR count). The maximum atomic E-state index is 11.8. The van der Waals surface area contributed by atoms with Crippen LogP contribution in [0.1, 0.15) is 13.3 Å². The monoisotopic (exact) mass is 188 g/mol. The number of carbonyl (C=O) groups is 1. The first-order valence-electron chi connectivity index (χ1n) is 3.25. The summed E-state index contributed by atoms with van der Waals surface area (Å²) in [5.41, 5.74) is 0. The summed E-state index contributed by atoms with van der Waals surface area (Å²) < 4.78 is 50.0. The highest BCUT2D eigenvalue weighted by molar-refractivity contribution is 5.75. The molecule has 0 heterocycles. The summed E-state index contributed by atoms with van der Waals surface area (Å²) in [6.45, 7) is 0.326. The highest BCUT2D eigenvalue weighted by Gasteiger charge is 2.42. The molecule has 0 radical (unpaired) electrons. The molecule has 0 spiro atoms. The second kappa shape index (κ2) is 4.27. The molecule has 0 amide bonds. The van der Waals surface area contributed by atoms with Gasteiger partial charge in [0.25, 0.3) is 0 Å². The SMILES string of the molecule is CCC(CF)OC(=O)C(F)(F)F. The molecule has 2 nitrogen and oxygen atoms in total. The quantitative estimate of drug-likeness (QED) is 0.499. The van der Waals surface area contributed by atoms with Crippen molar-refractivity contribution in [1.29, 1.82) is 0 Å². The van der Waals surface area contributed by atoms with Gasteiger partial charge >= 0.3 is 12.1 Å². The van der Waals surface area contributed by atoms with E-state index in [-0.39, 0.29) is 6.42 Å². The van der Waals surface area contributed by atoms with Crippen LogP contribution in [-0.4, -0.2) is 24.9 Å². The number of esters is 1. The van der Waals surface area contributed by atoms with Crippen LogP contribution in [0, 0.1) is 0 Å². The molecule has 1 atom stereocenters. The highest BCUT2D eigenvalue weighted by atomic mass is 19.4. The lowest BCUT2D eigenvalue weighted by molar-refractivity contribution is -0.205. The van der Waals surface area contributed by atoms with Gasteiger partial charge < -0.3 is 4.74 Å². The fraction of sp³-hybridized carbons (Fsp3) is 0.833. The van der Waals surface area contributed by atoms with Crippen molar-refractivity contribution in [3.63, 3.8) is 0 Å². The Bertz CT molecular complexity index is 150. The van der Waals surface area contributed by atoms with Crippen LogP contribution in [-0.2, 0) is 9.53 Å². The van der Waals surface area contributed by atoms with Gasteiger partial charge in [-0.3, -0.25) is 0 Å². The average Bonchev–Trinajstić information content (AvgIpc) is 1.97. The molecule has 0 aromatic heterocycles. The molecule has 0 aromatic rings. The normalized spacial score (nSPS) is 14.1. The van der Waals surface area contributed by atoms with Crippen molar-refractivity contribution < 1.29 is 27.1 Å². The number of rotatable bonds is 3. The van der Waals surface area contributed by atoms with Crippen LogP contribution in [0.4, 0.5) is 17.6 Å². The lowest BCUT2D eigenvalue weighted by Crippen LogP contribution is -2.30. The highest BCUT2D eigenvalue weighted by Crippen LogP contribution is 2.18. The topological polar surface area (TPSA) is 26.3 Å². The molecule has 6 heteroatoms. The van der Waals surface area contributed by atoms with Gasteiger partial charge in [0, 0.05) is 0 Å². The van der Waals surface area contributed by atoms with Gasteiger partial charge in [-0.15, -0.1) is 0 Å². The van der Waals surface area contributed by atoms with Gasteiger partial charge in [-0.05, 0) is 6.42 Å². The van der Waals surface area contributed by atoms with Crippen LogP contribution >= 0.6 is 0 Å². The molecule has 0 fully saturated rings. The van der Waals surface area contributed by atoms with E-state index in [1.807, 2.05) is 0 Å². The molecule has 0 N–H and O–H groups in total. The molecule has 0 aromatic carbocycles. The minimum absolute atomic E-state index is 0.0261. The van der Waals surface area contributed by atoms with Crippen molar-refractivity contribution in [2.24, 2.45) is 0 Å². The number of hydrogen-bond donors (Lipinski definition) is 0. The van der Waals surface area contributed by atoms with Crippen molar-refractivity contribution in [3.05, 3.63) is 0 Å². The van der Waals surface area contributed by atoms with Gasteiger partial charge in [-0.1, -0.05) is 6.92 Å². The van der Waals surface area contributed by atoms with E-state index in [4.69, 9.17) is 0 Å². The largest absolute Gasteiger partial charge is 0.490 e. The molecular weight excluding hydrogens is 180 g/mol. The molecule has 1 unspecified atom stereocenters. The summed E-state index contributed by atoms with van der Waals surface area (Å²) in [7, 11) is 0. The molecule has 0 saturated heterocycles. The maximum Gasteiger partial charge on any atom is 0.490 e. The van der Waals surface area contributed by atoms with E-state index in [0.717, 1.165) is 0 Å². The van der Waals surface area contributed by atoms with Crippen molar-refractivity contribution in [1.82, 2.24) is 0 Å². The first-order valence-corrected chi connectivity index (χ1v) is 3.25. The summed E-state index contributed by atoms with van der Waals surface area (Å²) in [6, 6.07) is 0. The minimum atomic E-state index is -5.04. The third kappa shape index (κ3) is 3.54. The number of hydrogen-bond acceptors (Lipinski definition) is 2. The van der Waals surface area contributed by atoms with Gasteiger partial charge in [0.05, 0.1) is 0 Å². The Morgan fingerprint density at radius 1 is 1.50 bits per heavy atom. The van der Waals surface area contributed by atoms with E-state index in [9.17, 15) is 22.4 Å². The maximum absolute atomic E-state index is 11.8. The zero-order chi connectivity index (χ0) is 9.78. The van der Waals surface area contributed by atoms with Crippen LogP contribution in [0.25, 0.3) is 0 Å². The molecule has 0 aliphatic heterocycles. The molecule has 0 bridgehead atoms. The van der Waals surface area contributed by atoms with Gasteiger partial charge in [0.2, 0.25) is 0 Å². The molecular formula is C6H8F4O2. The van der Waals surface area contributed by atoms with Crippen LogP contribution < -0.4 is 0 Å². The number of alkyl halides is 4. The Hall–Kier alpha value is -0.810. The van der Waals surface area contributed by atoms with Crippen molar-refractivity contribution in [3.8, 4) is 0 Å². The molecule has 0 aliphatic carbocycles. The summed E-state index contributed by atoms with van der Waals surface area (Å²) in [5, 5.41) is 0. The van der Waals surface area contributed by atoms with Crippen molar-refractivity contribution >= 4 is 5.97 Å². The van der Waals surface area contributed by atoms with Gasteiger partial charge in [-0.25, -0.2) is 9.18 Å². The van der Waals surface area contributed by atoms with Crippen LogP contribution in [0.5, 0.6) is 0 Å². The number of carbonyl (C=O) groups excluding carboxylic acids is 1. The van der Waals surface area contributed by atoms with Gasteiger partial charge in [-0.2, -0.15) is 13.2 Å². The average molecular weight is 188 g/mol. The van der Waals surface area contributed by atoms with E-state index < -0.39 is 24.9 Å². The van der Waals surface area contributed by atoms with E-state index in [1.165, 1.54) is 6.92 Å². The second-order valence-corrected chi connectivity index (χ2v) is 2.09. The first kappa shape index (κ1) is 11.2. The van der Waals surface area contributed by atoms with Crippen LogP contribution in [0.2, 0.25) is 0 Å². The predicted octanol–water partition coefficient (Wildman–Crippen LogP) is 1.84. The second-order valence-electron chi connectivity index (χ2n) is 2.09. The van der Waals surface area contributed by atoms with Crippen LogP contribution in [0.15, 0.2) is 0 Å². The lowest BCUT2D eigenvalue weighted by Gasteiger charge is -2.13. The Labute approximate surface area is 66.5 Å². The zero-order valence-corrected chi connectivity index (χ0v) is 6.32. The summed E-state index contributed by atoms with van der Waals surface area (Å²) in [5.74, 6) is -2.34. The molecule has 0 aliphatic rings. The minimum Gasteiger partial charge on any atom is -0.453 e. The Kier molecular flexibility index (Phi) is 3.99. The number of halogens is 4. The van der Waals surface area contributed by atoms with E-state index in [2.05, 4.69) is 4.74 Å². The first-order chi connectivity index (χ1) is 5.41. The fourth-order valence-electron chi connectivity index (χ4n) is 0.442. The van der Waals surface area contributed by atoms with E-state index >= 15 is 0 Å². The van der Waals surface area contributed by atoms with Gasteiger partial charge in [0.15, 0.2) is 0 Å². The Morgan fingerprint density at radius 2 is 2.00 bits per heavy atom. The summed E-state index contributed by atoms with van der Waals surface area (Å²) in [4.78, 5) is 10.1. The lowest BCUT2D eigenvalue weighted by atomic mass is 10.3. The van der Waals surface area contributed by atoms with Crippen molar-refractivity contribution in [2.75, 3.05) is 6.67 Å². The van der Waals surface area contributed by atoms with E-state index in [0.29, 0.717) is 0 Å². The van der Waals surface area contributed by atoms with E-state index in [1.54, 1.807) is 0 Å². The molecule has 12 heavy (non-hydrogen) atoms. The Morgan fingerprint density at radius 3 is 2.25 bits per heavy atom.